The Morgan fingerprint density at radius 1 is 0.389 bits per heavy atom. The van der Waals surface area contributed by atoms with Crippen molar-refractivity contribution in [1.29, 1.82) is 0 Å². The smallest absolute Gasteiger partial charge is 0.706 e. The molecule has 2 nitrogen and oxygen atoms in total. The van der Waals surface area contributed by atoms with Crippen LogP contribution in [0.15, 0.2) is 0 Å². The van der Waals surface area contributed by atoms with Gasteiger partial charge in [-0.1, -0.05) is 29.5 Å². The van der Waals surface area contributed by atoms with E-state index in [-0.39, 0.29) is 33.4 Å². The zero-order valence-corrected chi connectivity index (χ0v) is 23.0. The molecule has 0 aromatic rings. The van der Waals surface area contributed by atoms with E-state index in [4.69, 9.17) is 0 Å². The van der Waals surface area contributed by atoms with E-state index in [1.165, 1.54) is 88.4 Å². The Kier molecular flexibility index (Phi) is 107. The van der Waals surface area contributed by atoms with Crippen LogP contribution in [0.5, 0.6) is 0 Å². The molecule has 0 atom stereocenters. The Hall–Kier alpha value is 5.86. The molecule has 0 bridgehead atoms. The van der Waals surface area contributed by atoms with Gasteiger partial charge in [0.05, 0.1) is 0 Å². The van der Waals surface area contributed by atoms with Crippen molar-refractivity contribution in [2.45, 2.75) is 0 Å². The second-order valence-corrected chi connectivity index (χ2v) is 16.5. The van der Waals surface area contributed by atoms with Crippen molar-refractivity contribution in [3.8, 4) is 0 Å². The maximum Gasteiger partial charge on any atom is 4.00 e. The second-order valence-electron chi connectivity index (χ2n) is 0.612. The SMILES string of the molecule is [NH4+].[NH4+].[Pt+4].[S-]SSS[S-].[S-]SSS[S-].[S-]SSS[S-]. The van der Waals surface area contributed by atoms with Crippen molar-refractivity contribution in [3.63, 3.8) is 0 Å². The van der Waals surface area contributed by atoms with Crippen molar-refractivity contribution in [2.24, 2.45) is 0 Å². The summed E-state index contributed by atoms with van der Waals surface area (Å²) in [5, 5.41) is 0. The molecule has 18 heavy (non-hydrogen) atoms. The normalized spacial score (nSPS) is 7.00. The Balaban J connectivity index is -0.0000000277. The zero-order valence-electron chi connectivity index (χ0n) is 8.44. The van der Waals surface area contributed by atoms with Gasteiger partial charge in [0.15, 0.2) is 0 Å². The van der Waals surface area contributed by atoms with Crippen LogP contribution in [-0.4, -0.2) is 0 Å². The van der Waals surface area contributed by atoms with Gasteiger partial charge in [-0.2, -0.15) is 0 Å². The van der Waals surface area contributed by atoms with Crippen LogP contribution in [0, 0.1) is 0 Å². The van der Waals surface area contributed by atoms with Crippen LogP contribution >= 0.6 is 88.4 Å². The third-order valence-corrected chi connectivity index (χ3v) is 13.5. The molecule has 18 heteroatoms. The monoisotopic (exact) mass is 711 g/mol. The van der Waals surface area contributed by atoms with Crippen LogP contribution in [0.25, 0.3) is 0 Å². The number of hydrogen-bond acceptors (Lipinski definition) is 15. The third-order valence-electron chi connectivity index (χ3n) is 0.167. The molecule has 0 aliphatic rings. The molecule has 0 aliphatic carbocycles. The van der Waals surface area contributed by atoms with E-state index in [2.05, 4.69) is 70.0 Å². The summed E-state index contributed by atoms with van der Waals surface area (Å²) >= 11 is 26.7. The van der Waals surface area contributed by atoms with E-state index in [9.17, 15) is 0 Å². The molecule has 0 saturated heterocycles. The van der Waals surface area contributed by atoms with E-state index in [0.29, 0.717) is 0 Å². The topological polar surface area (TPSA) is 73.0 Å². The van der Waals surface area contributed by atoms with E-state index >= 15 is 0 Å². The zero-order chi connectivity index (χ0) is 12.4. The molecule has 0 saturated carbocycles. The predicted molar refractivity (Wildman–Crippen MR) is 124 cm³/mol. The summed E-state index contributed by atoms with van der Waals surface area (Å²) in [4.78, 5) is 0. The summed E-state index contributed by atoms with van der Waals surface area (Å²) in [6, 6.07) is 0. The fourth-order valence-corrected chi connectivity index (χ4v) is 8.27. The summed E-state index contributed by atoms with van der Waals surface area (Å²) in [5.74, 6) is 0. The van der Waals surface area contributed by atoms with Gasteiger partial charge in [-0.3, -0.25) is 59.0 Å². The van der Waals surface area contributed by atoms with Gasteiger partial charge in [0.1, 0.15) is 0 Å². The van der Waals surface area contributed by atoms with Gasteiger partial charge in [-0.25, -0.2) is 0 Å². The molecule has 0 rings (SSSR count). The quantitative estimate of drug-likeness (QED) is 0.230. The maximum atomic E-state index is 4.44. The van der Waals surface area contributed by atoms with Crippen LogP contribution in [0.2, 0.25) is 0 Å². The Labute approximate surface area is 188 Å². The molecular formula is H8N2PtS15. The largest absolute Gasteiger partial charge is 4.00 e. The van der Waals surface area contributed by atoms with Crippen LogP contribution in [0.3, 0.4) is 0 Å². The van der Waals surface area contributed by atoms with Crippen molar-refractivity contribution >= 4 is 158 Å². The standard InChI is InChI=1S/2H3N.Pt.3H2S5/c;;;3*1-3-5-4-2/h2*1H3;;3*1-2H/q;;+4;;;/p-4. The first-order chi connectivity index (χ1) is 7.24. The van der Waals surface area contributed by atoms with Crippen LogP contribution in [-0.2, 0) is 91.0 Å². The average Bonchev–Trinajstić information content (AvgIpc) is 2.23. The number of quaternary nitrogens is 2. The summed E-state index contributed by atoms with van der Waals surface area (Å²) in [6.45, 7) is 0. The summed E-state index contributed by atoms with van der Waals surface area (Å²) < 4.78 is 0. The van der Waals surface area contributed by atoms with Gasteiger partial charge in [0.2, 0.25) is 0 Å². The molecule has 0 aliphatic heterocycles. The Bertz CT molecular complexity index is 51.2. The molecule has 118 valence electrons. The van der Waals surface area contributed by atoms with Gasteiger partial charge in [0, 0.05) is 0 Å². The van der Waals surface area contributed by atoms with Gasteiger partial charge in [-0.05, 0) is 0 Å². The maximum absolute atomic E-state index is 4.44. The van der Waals surface area contributed by atoms with Crippen molar-refractivity contribution in [1.82, 2.24) is 12.3 Å². The number of rotatable bonds is 6. The van der Waals surface area contributed by atoms with Gasteiger partial charge in [-0.15, -0.1) is 0 Å². The first-order valence-electron chi connectivity index (χ1n) is 2.00. The van der Waals surface area contributed by atoms with Crippen molar-refractivity contribution in [2.75, 3.05) is 0 Å². The molecule has 0 aromatic heterocycles. The minimum Gasteiger partial charge on any atom is -0.706 e. The van der Waals surface area contributed by atoms with Crippen molar-refractivity contribution < 1.29 is 21.1 Å². The predicted octanol–water partition coefficient (Wildman–Crippen LogP) is 6.57. The fraction of sp³-hybridized carbons (Fsp3) is 0. The average molecular weight is 712 g/mol. The van der Waals surface area contributed by atoms with E-state index in [1.807, 2.05) is 0 Å². The van der Waals surface area contributed by atoms with Gasteiger partial charge in [0.25, 0.3) is 0 Å². The minimum atomic E-state index is 0. The molecule has 0 heterocycles. The Morgan fingerprint density at radius 2 is 0.500 bits per heavy atom. The van der Waals surface area contributed by atoms with Gasteiger partial charge < -0.3 is 82.3 Å². The fourth-order valence-electron chi connectivity index (χ4n) is 0.0340. The van der Waals surface area contributed by atoms with Crippen LogP contribution < -0.4 is 12.3 Å². The third kappa shape index (κ3) is 67.6. The molecule has 0 fully saturated rings. The van der Waals surface area contributed by atoms with Gasteiger partial charge >= 0.3 is 21.1 Å². The van der Waals surface area contributed by atoms with Crippen LogP contribution in [0.4, 0.5) is 0 Å². The summed E-state index contributed by atoms with van der Waals surface area (Å²) in [7, 11) is 11.8. The molecule has 0 aromatic carbocycles. The molecule has 8 N–H and O–H groups in total. The second kappa shape index (κ2) is 49.5. The van der Waals surface area contributed by atoms with Crippen LogP contribution in [0.1, 0.15) is 0 Å². The molecule has 0 spiro atoms. The Morgan fingerprint density at radius 3 is 0.500 bits per heavy atom. The summed E-state index contributed by atoms with van der Waals surface area (Å²) in [5.41, 5.74) is 0. The van der Waals surface area contributed by atoms with Crippen molar-refractivity contribution in [3.05, 3.63) is 0 Å². The molecular weight excluding hydrogens is 704 g/mol. The molecule has 0 amide bonds. The first-order valence-corrected chi connectivity index (χ1v) is 18.0. The first kappa shape index (κ1) is 39.1. The molecule has 0 unspecified atom stereocenters. The van der Waals surface area contributed by atoms with E-state index in [1.54, 1.807) is 0 Å². The summed E-state index contributed by atoms with van der Waals surface area (Å²) in [6.07, 6.45) is 0. The minimum absolute atomic E-state index is 0. The van der Waals surface area contributed by atoms with E-state index < -0.39 is 0 Å². The molecule has 0 radical (unpaired) electrons. The van der Waals surface area contributed by atoms with E-state index in [0.717, 1.165) is 0 Å². The number of hydrogen-bond donors (Lipinski definition) is 2.